The van der Waals surface area contributed by atoms with E-state index in [1.54, 1.807) is 71.1 Å². The average Bonchev–Trinajstić information content (AvgIpc) is 3.40. The van der Waals surface area contributed by atoms with Crippen molar-refractivity contribution in [3.05, 3.63) is 81.9 Å². The lowest BCUT2D eigenvalue weighted by atomic mass is 9.85. The number of carbonyl (C=O) groups excluding carboxylic acids is 2. The van der Waals surface area contributed by atoms with Gasteiger partial charge in [0.05, 0.1) is 125 Å². The molecular weight excluding hydrogens is 925 g/mol. The van der Waals surface area contributed by atoms with E-state index in [0.717, 1.165) is 74.1 Å². The van der Waals surface area contributed by atoms with Crippen LogP contribution in [0.15, 0.2) is 48.5 Å². The predicted molar refractivity (Wildman–Crippen MR) is 273 cm³/mol. The van der Waals surface area contributed by atoms with Gasteiger partial charge in [0.2, 0.25) is 11.5 Å². The summed E-state index contributed by atoms with van der Waals surface area (Å²) in [5.74, 6) is 5.67. The topological polar surface area (TPSA) is 145 Å². The third-order valence-corrected chi connectivity index (χ3v) is 14.6. The normalized spacial score (nSPS) is 18.9. The molecule has 16 heteroatoms. The van der Waals surface area contributed by atoms with E-state index < -0.39 is 0 Å². The fraction of sp³-hybridized carbons (Fsp3) is 0.536. The highest BCUT2D eigenvalue weighted by atomic mass is 16.6. The summed E-state index contributed by atoms with van der Waals surface area (Å²) in [5, 5.41) is 0. The largest absolute Gasteiger partial charge is 0.493 e. The van der Waals surface area contributed by atoms with Gasteiger partial charge < -0.3 is 65.8 Å². The SMILES string of the molecule is COc1cc2c(cc1OC)[C@H](c1cc(OC)c(OC)c(OC)c1)[N@@+](C)(CCCOC(=O)CCCCCCC(=O)OCCC[N@@+]1(C)CCc3cc(OC)c(OC)cc3[C@@H]1c1cc(OC)c(OC)c(OC)c1)CC2. The number of quaternary nitrogens is 2. The molecule has 0 bridgehead atoms. The van der Waals surface area contributed by atoms with E-state index in [1.165, 1.54) is 11.1 Å². The van der Waals surface area contributed by atoms with E-state index in [-0.39, 0.29) is 24.0 Å². The van der Waals surface area contributed by atoms with E-state index in [4.69, 9.17) is 56.8 Å². The summed E-state index contributed by atoms with van der Waals surface area (Å²) in [5.41, 5.74) is 6.64. The highest BCUT2D eigenvalue weighted by Crippen LogP contribution is 2.50. The Bertz CT molecular complexity index is 2260. The minimum atomic E-state index is -0.209. The van der Waals surface area contributed by atoms with Gasteiger partial charge in [-0.2, -0.15) is 0 Å². The Morgan fingerprint density at radius 3 is 1.04 bits per heavy atom. The Morgan fingerprint density at radius 2 is 0.736 bits per heavy atom. The molecule has 4 aromatic rings. The van der Waals surface area contributed by atoms with Crippen molar-refractivity contribution >= 4 is 11.9 Å². The number of methoxy groups -OCH3 is 10. The molecule has 2 heterocycles. The molecule has 0 fully saturated rings. The number of esters is 2. The van der Waals surface area contributed by atoms with Gasteiger partial charge in [0, 0.05) is 60.8 Å². The number of benzene rings is 4. The molecule has 0 spiro atoms. The van der Waals surface area contributed by atoms with Gasteiger partial charge in [-0.25, -0.2) is 0 Å². The van der Waals surface area contributed by atoms with Crippen LogP contribution in [0, 0.1) is 0 Å². The van der Waals surface area contributed by atoms with Crippen molar-refractivity contribution in [2.75, 3.05) is 125 Å². The molecule has 0 amide bonds. The van der Waals surface area contributed by atoms with Gasteiger partial charge in [-0.05, 0) is 72.5 Å². The Balaban J connectivity index is 0.962. The van der Waals surface area contributed by atoms with E-state index in [9.17, 15) is 9.59 Å². The number of carbonyl (C=O) groups is 2. The van der Waals surface area contributed by atoms with Crippen LogP contribution in [-0.2, 0) is 31.9 Å². The van der Waals surface area contributed by atoms with E-state index in [1.807, 2.05) is 24.3 Å². The van der Waals surface area contributed by atoms with Crippen LogP contribution in [0.1, 0.15) is 96.8 Å². The first kappa shape index (κ1) is 55.1. The number of hydrogen-bond acceptors (Lipinski definition) is 14. The lowest BCUT2D eigenvalue weighted by Gasteiger charge is -2.46. The van der Waals surface area contributed by atoms with Gasteiger partial charge in [-0.15, -0.1) is 0 Å². The molecule has 0 radical (unpaired) electrons. The fourth-order valence-corrected chi connectivity index (χ4v) is 10.8. The van der Waals surface area contributed by atoms with Crippen molar-refractivity contribution in [1.29, 1.82) is 0 Å². The third-order valence-electron chi connectivity index (χ3n) is 14.6. The van der Waals surface area contributed by atoms with Gasteiger partial charge in [0.25, 0.3) is 0 Å². The number of nitrogens with zero attached hydrogens (tertiary/aromatic N) is 2. The second-order valence-corrected chi connectivity index (χ2v) is 18.9. The number of fused-ring (bicyclic) bond motifs is 2. The molecular formula is C56H78N2O14+2. The standard InChI is InChI=1S/C56H78N2O14/c1-57(25-21-37-29-43(61-3)45(63-5)35-41(37)53(57)39-31-47(65-7)55(69-11)48(32-39)66-8)23-17-27-71-51(59)19-15-13-14-16-20-52(60)72-28-18-24-58(2)26-22-38-30-44(62-4)46(64-6)36-42(38)54(58)40-33-49(67-9)56(70-12)50(34-40)68-10/h29-36,53-54H,13-28H2,1-12H3/q+2/t53-,54-,57-,58-/m0/s1. The molecule has 72 heavy (non-hydrogen) atoms. The van der Waals surface area contributed by atoms with Crippen LogP contribution in [0.3, 0.4) is 0 Å². The molecule has 0 N–H and O–H groups in total. The van der Waals surface area contributed by atoms with Crippen molar-refractivity contribution in [2.45, 2.75) is 76.3 Å². The first-order valence-corrected chi connectivity index (χ1v) is 24.9. The zero-order valence-corrected chi connectivity index (χ0v) is 44.7. The lowest BCUT2D eigenvalue weighted by molar-refractivity contribution is -0.935. The summed E-state index contributed by atoms with van der Waals surface area (Å²) < 4.78 is 70.1. The molecule has 6 rings (SSSR count). The van der Waals surface area contributed by atoms with Crippen LogP contribution in [0.4, 0.5) is 0 Å². The van der Waals surface area contributed by atoms with Crippen molar-refractivity contribution in [2.24, 2.45) is 0 Å². The first-order chi connectivity index (χ1) is 34.8. The quantitative estimate of drug-likeness (QED) is 0.0319. The summed E-state index contributed by atoms with van der Waals surface area (Å²) in [6.07, 6.45) is 6.72. The van der Waals surface area contributed by atoms with Crippen molar-refractivity contribution < 1.29 is 75.4 Å². The highest BCUT2D eigenvalue weighted by Gasteiger charge is 2.43. The van der Waals surface area contributed by atoms with Gasteiger partial charge in [0.1, 0.15) is 12.1 Å². The molecule has 2 aliphatic heterocycles. The zero-order valence-electron chi connectivity index (χ0n) is 44.7. The van der Waals surface area contributed by atoms with Crippen molar-refractivity contribution in [3.8, 4) is 57.5 Å². The second-order valence-electron chi connectivity index (χ2n) is 18.9. The summed E-state index contributed by atoms with van der Waals surface area (Å²) in [6, 6.07) is 16.1. The third kappa shape index (κ3) is 12.3. The monoisotopic (exact) mass is 1000 g/mol. The van der Waals surface area contributed by atoms with Crippen LogP contribution in [0.5, 0.6) is 57.5 Å². The Labute approximate surface area is 426 Å². The van der Waals surface area contributed by atoms with Gasteiger partial charge >= 0.3 is 11.9 Å². The van der Waals surface area contributed by atoms with Crippen LogP contribution in [0.25, 0.3) is 0 Å². The highest BCUT2D eigenvalue weighted by molar-refractivity contribution is 5.69. The average molecular weight is 1000 g/mol. The molecule has 0 aliphatic carbocycles. The minimum absolute atomic E-state index is 0.107. The Hall–Kier alpha value is -6.26. The van der Waals surface area contributed by atoms with Crippen molar-refractivity contribution in [1.82, 2.24) is 0 Å². The molecule has 0 aromatic heterocycles. The number of ether oxygens (including phenoxy) is 12. The number of hydrogen-bond donors (Lipinski definition) is 0. The van der Waals surface area contributed by atoms with Gasteiger partial charge in [0.15, 0.2) is 46.0 Å². The molecule has 2 aliphatic rings. The summed E-state index contributed by atoms with van der Waals surface area (Å²) in [7, 11) is 20.8. The van der Waals surface area contributed by atoms with Crippen LogP contribution < -0.4 is 47.4 Å². The molecule has 0 unspecified atom stereocenters. The minimum Gasteiger partial charge on any atom is -0.493 e. The molecule has 4 atom stereocenters. The number of rotatable bonds is 27. The number of likely N-dealkylation sites (N-methyl/N-ethyl adjacent to an activating group) is 2. The van der Waals surface area contributed by atoms with Gasteiger partial charge in [-0.1, -0.05) is 12.8 Å². The second kappa shape index (κ2) is 25.4. The van der Waals surface area contributed by atoms with Crippen molar-refractivity contribution in [3.63, 3.8) is 0 Å². The van der Waals surface area contributed by atoms with Crippen LogP contribution in [0.2, 0.25) is 0 Å². The summed E-state index contributed by atoms with van der Waals surface area (Å²) >= 11 is 0. The van der Waals surface area contributed by atoms with Crippen LogP contribution >= 0.6 is 0 Å². The van der Waals surface area contributed by atoms with E-state index in [2.05, 4.69) is 38.4 Å². The Morgan fingerprint density at radius 1 is 0.417 bits per heavy atom. The Kier molecular flexibility index (Phi) is 19.4. The molecule has 4 aromatic carbocycles. The molecule has 0 saturated heterocycles. The maximum atomic E-state index is 12.9. The first-order valence-electron chi connectivity index (χ1n) is 24.9. The van der Waals surface area contributed by atoms with E-state index >= 15 is 0 Å². The van der Waals surface area contributed by atoms with Crippen LogP contribution in [-0.4, -0.2) is 145 Å². The molecule has 16 nitrogen and oxygen atoms in total. The lowest BCUT2D eigenvalue weighted by Crippen LogP contribution is -2.52. The number of unbranched alkanes of at least 4 members (excludes halogenated alkanes) is 3. The smallest absolute Gasteiger partial charge is 0.305 e. The summed E-state index contributed by atoms with van der Waals surface area (Å²) in [6.45, 7) is 3.86. The maximum absolute atomic E-state index is 12.9. The van der Waals surface area contributed by atoms with Gasteiger partial charge in [-0.3, -0.25) is 9.59 Å². The zero-order chi connectivity index (χ0) is 52.0. The maximum Gasteiger partial charge on any atom is 0.305 e. The predicted octanol–water partition coefficient (Wildman–Crippen LogP) is 8.86. The molecule has 394 valence electrons. The fourth-order valence-electron chi connectivity index (χ4n) is 10.8. The molecule has 0 saturated carbocycles. The summed E-state index contributed by atoms with van der Waals surface area (Å²) in [4.78, 5) is 25.8. The van der Waals surface area contributed by atoms with E-state index in [0.29, 0.717) is 118 Å².